The summed E-state index contributed by atoms with van der Waals surface area (Å²) in [5, 5.41) is 3.01. The third-order valence-electron chi connectivity index (χ3n) is 4.77. The summed E-state index contributed by atoms with van der Waals surface area (Å²) in [4.78, 5) is 32.8. The SMILES string of the molecule is CNc1cccc([C@@H]2CN(C(=O)CN3CCCCCC3=O)CCO2)n1. The molecular formula is C18H26N4O3. The highest BCUT2D eigenvalue weighted by molar-refractivity contribution is 5.85. The van der Waals surface area contributed by atoms with E-state index in [1.165, 1.54) is 0 Å². The molecule has 0 bridgehead atoms. The Kier molecular flexibility index (Phi) is 5.86. The maximum atomic E-state index is 12.7. The van der Waals surface area contributed by atoms with Crippen molar-refractivity contribution in [2.75, 3.05) is 45.2 Å². The Bertz CT molecular complexity index is 622. The van der Waals surface area contributed by atoms with Crippen LogP contribution < -0.4 is 5.32 Å². The second-order valence-electron chi connectivity index (χ2n) is 6.52. The minimum atomic E-state index is -0.231. The molecule has 1 aromatic rings. The zero-order chi connectivity index (χ0) is 17.6. The van der Waals surface area contributed by atoms with Gasteiger partial charge in [-0.05, 0) is 25.0 Å². The molecule has 0 unspecified atom stereocenters. The van der Waals surface area contributed by atoms with Gasteiger partial charge in [0.15, 0.2) is 0 Å². The monoisotopic (exact) mass is 346 g/mol. The highest BCUT2D eigenvalue weighted by Gasteiger charge is 2.28. The number of likely N-dealkylation sites (tertiary alicyclic amines) is 1. The average Bonchev–Trinajstić information content (AvgIpc) is 2.86. The molecular weight excluding hydrogens is 320 g/mol. The van der Waals surface area contributed by atoms with Crippen LogP contribution in [0.4, 0.5) is 5.82 Å². The smallest absolute Gasteiger partial charge is 0.242 e. The van der Waals surface area contributed by atoms with E-state index in [0.29, 0.717) is 32.7 Å². The van der Waals surface area contributed by atoms with Crippen molar-refractivity contribution in [3.8, 4) is 0 Å². The van der Waals surface area contributed by atoms with Crippen LogP contribution in [0.15, 0.2) is 18.2 Å². The number of carbonyl (C=O) groups is 2. The van der Waals surface area contributed by atoms with Crippen LogP contribution in [0, 0.1) is 0 Å². The maximum Gasteiger partial charge on any atom is 0.242 e. The normalized spacial score (nSPS) is 21.8. The van der Waals surface area contributed by atoms with Gasteiger partial charge >= 0.3 is 0 Å². The van der Waals surface area contributed by atoms with Crippen molar-refractivity contribution in [1.29, 1.82) is 0 Å². The largest absolute Gasteiger partial charge is 0.373 e. The van der Waals surface area contributed by atoms with Crippen molar-refractivity contribution in [3.63, 3.8) is 0 Å². The molecule has 0 saturated carbocycles. The molecule has 0 aromatic carbocycles. The molecule has 7 nitrogen and oxygen atoms in total. The number of hydrogen-bond acceptors (Lipinski definition) is 5. The molecule has 2 fully saturated rings. The van der Waals surface area contributed by atoms with Gasteiger partial charge in [-0.15, -0.1) is 0 Å². The maximum absolute atomic E-state index is 12.7. The van der Waals surface area contributed by atoms with Gasteiger partial charge in [0, 0.05) is 26.6 Å². The molecule has 1 atom stereocenters. The number of anilines is 1. The summed E-state index contributed by atoms with van der Waals surface area (Å²) in [6, 6.07) is 5.73. The summed E-state index contributed by atoms with van der Waals surface area (Å²) >= 11 is 0. The van der Waals surface area contributed by atoms with Crippen molar-refractivity contribution in [2.45, 2.75) is 31.8 Å². The van der Waals surface area contributed by atoms with Crippen molar-refractivity contribution < 1.29 is 14.3 Å². The van der Waals surface area contributed by atoms with Crippen LogP contribution in [0.25, 0.3) is 0 Å². The van der Waals surface area contributed by atoms with Crippen LogP contribution in [0.1, 0.15) is 37.5 Å². The molecule has 136 valence electrons. The quantitative estimate of drug-likeness (QED) is 0.893. The lowest BCUT2D eigenvalue weighted by atomic mass is 10.2. The number of hydrogen-bond donors (Lipinski definition) is 1. The number of nitrogens with zero attached hydrogens (tertiary/aromatic N) is 3. The molecule has 2 amide bonds. The van der Waals surface area contributed by atoms with E-state index in [-0.39, 0.29) is 24.5 Å². The van der Waals surface area contributed by atoms with Gasteiger partial charge in [0.25, 0.3) is 0 Å². The fourth-order valence-electron chi connectivity index (χ4n) is 3.29. The molecule has 0 spiro atoms. The molecule has 0 aliphatic carbocycles. The fraction of sp³-hybridized carbons (Fsp3) is 0.611. The lowest BCUT2D eigenvalue weighted by Crippen LogP contribution is -2.47. The Labute approximate surface area is 148 Å². The molecule has 0 radical (unpaired) electrons. The van der Waals surface area contributed by atoms with Crippen LogP contribution >= 0.6 is 0 Å². The number of ether oxygens (including phenoxy) is 1. The minimum absolute atomic E-state index is 0.00618. The molecule has 2 aliphatic heterocycles. The van der Waals surface area contributed by atoms with Crippen molar-refractivity contribution in [3.05, 3.63) is 23.9 Å². The number of rotatable bonds is 4. The summed E-state index contributed by atoms with van der Waals surface area (Å²) in [7, 11) is 1.82. The van der Waals surface area contributed by atoms with Crippen molar-refractivity contribution in [2.24, 2.45) is 0 Å². The predicted molar refractivity (Wildman–Crippen MR) is 94.1 cm³/mol. The first kappa shape index (κ1) is 17.7. The summed E-state index contributed by atoms with van der Waals surface area (Å²) in [6.45, 7) is 2.37. The first-order valence-corrected chi connectivity index (χ1v) is 8.99. The summed E-state index contributed by atoms with van der Waals surface area (Å²) in [5.74, 6) is 0.868. The van der Waals surface area contributed by atoms with E-state index in [1.54, 1.807) is 9.80 Å². The molecule has 25 heavy (non-hydrogen) atoms. The van der Waals surface area contributed by atoms with Gasteiger partial charge in [-0.1, -0.05) is 12.5 Å². The van der Waals surface area contributed by atoms with Crippen LogP contribution in [0.3, 0.4) is 0 Å². The summed E-state index contributed by atoms with van der Waals surface area (Å²) in [6.07, 6.45) is 3.29. The number of nitrogens with one attached hydrogen (secondary N) is 1. The lowest BCUT2D eigenvalue weighted by molar-refractivity contribution is -0.145. The Morgan fingerprint density at radius 3 is 3.04 bits per heavy atom. The van der Waals surface area contributed by atoms with Gasteiger partial charge in [-0.3, -0.25) is 9.59 Å². The Hall–Kier alpha value is -2.15. The summed E-state index contributed by atoms with van der Waals surface area (Å²) < 4.78 is 5.81. The molecule has 2 saturated heterocycles. The molecule has 7 heteroatoms. The number of morpholine rings is 1. The van der Waals surface area contributed by atoms with Crippen molar-refractivity contribution in [1.82, 2.24) is 14.8 Å². The summed E-state index contributed by atoms with van der Waals surface area (Å²) in [5.41, 5.74) is 0.815. The van der Waals surface area contributed by atoms with Gasteiger partial charge in [0.2, 0.25) is 11.8 Å². The Balaban J connectivity index is 1.62. The van der Waals surface area contributed by atoms with Crippen LogP contribution in [0.5, 0.6) is 0 Å². The zero-order valence-corrected chi connectivity index (χ0v) is 14.7. The lowest BCUT2D eigenvalue weighted by Gasteiger charge is -2.34. The number of pyridine rings is 1. The van der Waals surface area contributed by atoms with E-state index < -0.39 is 0 Å². The topological polar surface area (TPSA) is 74.8 Å². The first-order valence-electron chi connectivity index (χ1n) is 8.99. The van der Waals surface area contributed by atoms with E-state index >= 15 is 0 Å². The van der Waals surface area contributed by atoms with Gasteiger partial charge < -0.3 is 19.9 Å². The zero-order valence-electron chi connectivity index (χ0n) is 14.7. The second-order valence-corrected chi connectivity index (χ2v) is 6.52. The van der Waals surface area contributed by atoms with Crippen LogP contribution in [-0.4, -0.2) is 66.4 Å². The Morgan fingerprint density at radius 2 is 2.20 bits per heavy atom. The van der Waals surface area contributed by atoms with E-state index in [1.807, 2.05) is 25.2 Å². The third-order valence-corrected chi connectivity index (χ3v) is 4.77. The third kappa shape index (κ3) is 4.48. The molecule has 2 aliphatic rings. The standard InChI is InChI=1S/C18H26N4O3/c1-19-16-7-5-6-14(20-16)15-12-22(10-11-25-15)18(24)13-21-9-4-2-3-8-17(21)23/h5-7,15H,2-4,8-13H2,1H3,(H,19,20)/t15-/m0/s1. The molecule has 1 aromatic heterocycles. The molecule has 3 heterocycles. The second kappa shape index (κ2) is 8.29. The van der Waals surface area contributed by atoms with E-state index in [0.717, 1.165) is 30.8 Å². The fourth-order valence-corrected chi connectivity index (χ4v) is 3.29. The molecule has 3 rings (SSSR count). The van der Waals surface area contributed by atoms with Gasteiger partial charge in [-0.2, -0.15) is 0 Å². The average molecular weight is 346 g/mol. The van der Waals surface area contributed by atoms with E-state index in [4.69, 9.17) is 4.74 Å². The molecule has 1 N–H and O–H groups in total. The van der Waals surface area contributed by atoms with Gasteiger partial charge in [0.1, 0.15) is 11.9 Å². The Morgan fingerprint density at radius 1 is 1.32 bits per heavy atom. The minimum Gasteiger partial charge on any atom is -0.373 e. The van der Waals surface area contributed by atoms with Crippen LogP contribution in [0.2, 0.25) is 0 Å². The van der Waals surface area contributed by atoms with Gasteiger partial charge in [-0.25, -0.2) is 4.98 Å². The highest BCUT2D eigenvalue weighted by Crippen LogP contribution is 2.22. The van der Waals surface area contributed by atoms with Gasteiger partial charge in [0.05, 0.1) is 25.4 Å². The van der Waals surface area contributed by atoms with Crippen molar-refractivity contribution >= 4 is 17.6 Å². The highest BCUT2D eigenvalue weighted by atomic mass is 16.5. The number of aromatic nitrogens is 1. The number of carbonyl (C=O) groups excluding carboxylic acids is 2. The predicted octanol–water partition coefficient (Wildman–Crippen LogP) is 1.43. The number of amides is 2. The van der Waals surface area contributed by atoms with E-state index in [9.17, 15) is 9.59 Å². The first-order chi connectivity index (χ1) is 12.2. The van der Waals surface area contributed by atoms with E-state index in [2.05, 4.69) is 10.3 Å². The van der Waals surface area contributed by atoms with Crippen LogP contribution in [-0.2, 0) is 14.3 Å².